The fourth-order valence-corrected chi connectivity index (χ4v) is 6.37. The number of anilines is 3. The lowest BCUT2D eigenvalue weighted by Crippen LogP contribution is -2.20. The van der Waals surface area contributed by atoms with E-state index in [1.807, 2.05) is 6.92 Å². The predicted octanol–water partition coefficient (Wildman–Crippen LogP) is 5.64. The van der Waals surface area contributed by atoms with E-state index in [0.29, 0.717) is 32.5 Å². The molecule has 37 heavy (non-hydrogen) atoms. The van der Waals surface area contributed by atoms with Crippen LogP contribution in [-0.4, -0.2) is 35.6 Å². The van der Waals surface area contributed by atoms with Crippen LogP contribution < -0.4 is 10.0 Å². The van der Waals surface area contributed by atoms with Gasteiger partial charge in [-0.25, -0.2) is 27.9 Å². The summed E-state index contributed by atoms with van der Waals surface area (Å²) in [5.74, 6) is 0.295. The minimum Gasteiger partial charge on any atom is -0.458 e. The van der Waals surface area contributed by atoms with Crippen LogP contribution in [-0.2, 0) is 14.8 Å². The van der Waals surface area contributed by atoms with Gasteiger partial charge in [0.2, 0.25) is 5.88 Å². The Hall–Kier alpha value is -3.51. The van der Waals surface area contributed by atoms with Crippen LogP contribution >= 0.6 is 11.3 Å². The molecule has 12 heteroatoms. The summed E-state index contributed by atoms with van der Waals surface area (Å²) in [7, 11) is -3.86. The Morgan fingerprint density at radius 1 is 1.05 bits per heavy atom. The Kier molecular flexibility index (Phi) is 6.86. The number of benzene rings is 1. The summed E-state index contributed by atoms with van der Waals surface area (Å²) in [6.07, 6.45) is 6.56. The number of hydrogen-bond donors (Lipinski definition) is 2. The number of esters is 1. The molecule has 5 rings (SSSR count). The molecule has 1 aromatic carbocycles. The number of carbonyl (C=O) groups is 1. The van der Waals surface area contributed by atoms with E-state index in [4.69, 9.17) is 9.26 Å². The molecule has 0 radical (unpaired) electrons. The molecule has 1 fully saturated rings. The van der Waals surface area contributed by atoms with Crippen LogP contribution in [0, 0.1) is 20.8 Å². The average Bonchev–Trinajstić information content (AvgIpc) is 3.39. The number of ether oxygens (including phenoxy) is 1. The lowest BCUT2D eigenvalue weighted by Gasteiger charge is -2.21. The second-order valence-electron chi connectivity index (χ2n) is 9.10. The zero-order valence-corrected chi connectivity index (χ0v) is 22.3. The molecule has 0 amide bonds. The van der Waals surface area contributed by atoms with Crippen LogP contribution in [0.4, 0.5) is 17.4 Å². The second kappa shape index (κ2) is 10.1. The molecule has 1 aliphatic rings. The summed E-state index contributed by atoms with van der Waals surface area (Å²) in [5, 5.41) is 7.73. The maximum atomic E-state index is 12.9. The number of nitrogens with zero attached hydrogens (tertiary/aromatic N) is 3. The monoisotopic (exact) mass is 541 g/mol. The summed E-state index contributed by atoms with van der Waals surface area (Å²) in [6.45, 7) is 5.32. The number of carbonyl (C=O) groups excluding carboxylic acids is 1. The van der Waals surface area contributed by atoms with E-state index in [1.54, 1.807) is 26.0 Å². The van der Waals surface area contributed by atoms with Crippen molar-refractivity contribution in [3.05, 3.63) is 52.3 Å². The largest absolute Gasteiger partial charge is 0.458 e. The van der Waals surface area contributed by atoms with Crippen molar-refractivity contribution in [2.45, 2.75) is 63.9 Å². The Morgan fingerprint density at radius 2 is 1.78 bits per heavy atom. The molecular weight excluding hydrogens is 514 g/mol. The van der Waals surface area contributed by atoms with Gasteiger partial charge in [0.1, 0.15) is 28.0 Å². The van der Waals surface area contributed by atoms with Gasteiger partial charge in [-0.1, -0.05) is 11.6 Å². The standard InChI is InChI=1S/C25H27N5O5S2/c1-14-16(3)29-35-23(14)30-37(32,33)19-11-9-17(10-12-19)28-22-20-15(2)21(36-24(20)27-13-26-22)25(31)34-18-7-5-4-6-8-18/h9-13,18,30H,4-8H2,1-3H3,(H,26,27,28). The van der Waals surface area contributed by atoms with E-state index in [0.717, 1.165) is 36.6 Å². The summed E-state index contributed by atoms with van der Waals surface area (Å²) < 4.78 is 38.8. The highest BCUT2D eigenvalue weighted by molar-refractivity contribution is 7.92. The summed E-state index contributed by atoms with van der Waals surface area (Å²) in [6, 6.07) is 6.24. The molecule has 0 unspecified atom stereocenters. The fraction of sp³-hybridized carbons (Fsp3) is 0.360. The van der Waals surface area contributed by atoms with E-state index in [2.05, 4.69) is 25.2 Å². The van der Waals surface area contributed by atoms with Crippen molar-refractivity contribution in [3.63, 3.8) is 0 Å². The first kappa shape index (κ1) is 25.2. The minimum atomic E-state index is -3.86. The highest BCUT2D eigenvalue weighted by Crippen LogP contribution is 2.35. The number of rotatable bonds is 7. The Labute approximate surface area is 218 Å². The van der Waals surface area contributed by atoms with Crippen LogP contribution in [0.5, 0.6) is 0 Å². The number of fused-ring (bicyclic) bond motifs is 1. The van der Waals surface area contributed by atoms with Crippen molar-refractivity contribution in [1.82, 2.24) is 15.1 Å². The van der Waals surface area contributed by atoms with Gasteiger partial charge in [-0.15, -0.1) is 11.3 Å². The molecule has 0 saturated heterocycles. The average molecular weight is 542 g/mol. The second-order valence-corrected chi connectivity index (χ2v) is 11.8. The molecule has 0 spiro atoms. The molecule has 1 aliphatic carbocycles. The Balaban J connectivity index is 1.35. The lowest BCUT2D eigenvalue weighted by molar-refractivity contribution is 0.0216. The Bertz CT molecular complexity index is 1550. The molecule has 3 heterocycles. The van der Waals surface area contributed by atoms with Gasteiger partial charge >= 0.3 is 5.97 Å². The number of aromatic nitrogens is 3. The summed E-state index contributed by atoms with van der Waals surface area (Å²) in [5.41, 5.74) is 2.62. The maximum Gasteiger partial charge on any atom is 0.348 e. The molecule has 1 saturated carbocycles. The fourth-order valence-electron chi connectivity index (χ4n) is 4.29. The molecule has 0 aliphatic heterocycles. The first-order valence-electron chi connectivity index (χ1n) is 12.0. The van der Waals surface area contributed by atoms with E-state index < -0.39 is 10.0 Å². The van der Waals surface area contributed by atoms with Gasteiger partial charge in [0.25, 0.3) is 10.0 Å². The van der Waals surface area contributed by atoms with Crippen molar-refractivity contribution in [1.29, 1.82) is 0 Å². The van der Waals surface area contributed by atoms with Gasteiger partial charge in [0.05, 0.1) is 16.0 Å². The topological polar surface area (TPSA) is 136 Å². The molecule has 194 valence electrons. The molecule has 3 aromatic heterocycles. The van der Waals surface area contributed by atoms with Crippen molar-refractivity contribution in [3.8, 4) is 0 Å². The quantitative estimate of drug-likeness (QED) is 0.285. The number of nitrogens with one attached hydrogen (secondary N) is 2. The zero-order chi connectivity index (χ0) is 26.2. The smallest absolute Gasteiger partial charge is 0.348 e. The number of thiophene rings is 1. The van der Waals surface area contributed by atoms with E-state index in [-0.39, 0.29) is 22.9 Å². The summed E-state index contributed by atoms with van der Waals surface area (Å²) in [4.78, 5) is 22.9. The highest BCUT2D eigenvalue weighted by atomic mass is 32.2. The first-order valence-corrected chi connectivity index (χ1v) is 14.3. The number of sulfonamides is 1. The zero-order valence-electron chi connectivity index (χ0n) is 20.7. The molecule has 0 atom stereocenters. The third kappa shape index (κ3) is 5.16. The molecular formula is C25H27N5O5S2. The van der Waals surface area contributed by atoms with Crippen LogP contribution in [0.3, 0.4) is 0 Å². The van der Waals surface area contributed by atoms with Crippen LogP contribution in [0.2, 0.25) is 0 Å². The Morgan fingerprint density at radius 3 is 2.46 bits per heavy atom. The van der Waals surface area contributed by atoms with Crippen molar-refractivity contribution < 1.29 is 22.5 Å². The van der Waals surface area contributed by atoms with Gasteiger partial charge in [-0.3, -0.25) is 0 Å². The van der Waals surface area contributed by atoms with E-state index in [1.165, 1.54) is 36.2 Å². The van der Waals surface area contributed by atoms with Crippen LogP contribution in [0.1, 0.15) is 58.6 Å². The normalized spacial score (nSPS) is 14.6. The van der Waals surface area contributed by atoms with Crippen LogP contribution in [0.15, 0.2) is 40.0 Å². The maximum absolute atomic E-state index is 12.9. The highest BCUT2D eigenvalue weighted by Gasteiger charge is 2.24. The predicted molar refractivity (Wildman–Crippen MR) is 141 cm³/mol. The van der Waals surface area contributed by atoms with Crippen molar-refractivity contribution in [2.24, 2.45) is 0 Å². The number of aryl methyl sites for hydroxylation is 2. The molecule has 4 aromatic rings. The van der Waals surface area contributed by atoms with Gasteiger partial charge in [-0.2, -0.15) is 0 Å². The third-order valence-corrected chi connectivity index (χ3v) is 9.08. The van der Waals surface area contributed by atoms with E-state index >= 15 is 0 Å². The molecule has 2 N–H and O–H groups in total. The summed E-state index contributed by atoms with van der Waals surface area (Å²) >= 11 is 1.29. The lowest BCUT2D eigenvalue weighted by atomic mass is 9.98. The van der Waals surface area contributed by atoms with Gasteiger partial charge in [-0.05, 0) is 76.3 Å². The van der Waals surface area contributed by atoms with Gasteiger partial charge in [0, 0.05) is 11.3 Å². The van der Waals surface area contributed by atoms with Gasteiger partial charge < -0.3 is 14.6 Å². The molecule has 0 bridgehead atoms. The molecule has 10 nitrogen and oxygen atoms in total. The number of hydrogen-bond acceptors (Lipinski definition) is 10. The minimum absolute atomic E-state index is 0.0317. The van der Waals surface area contributed by atoms with Crippen molar-refractivity contribution >= 4 is 54.9 Å². The van der Waals surface area contributed by atoms with Gasteiger partial charge in [0.15, 0.2) is 0 Å². The first-order chi connectivity index (χ1) is 17.7. The van der Waals surface area contributed by atoms with E-state index in [9.17, 15) is 13.2 Å². The van der Waals surface area contributed by atoms with Crippen LogP contribution in [0.25, 0.3) is 10.2 Å². The van der Waals surface area contributed by atoms with Crippen molar-refractivity contribution in [2.75, 3.05) is 10.0 Å². The SMILES string of the molecule is Cc1noc(NS(=O)(=O)c2ccc(Nc3ncnc4sc(C(=O)OC5CCCCC5)c(C)c34)cc2)c1C. The third-order valence-electron chi connectivity index (χ3n) is 6.55.